The van der Waals surface area contributed by atoms with Crippen LogP contribution in [0, 0.1) is 0 Å². The molecule has 0 saturated heterocycles. The number of carbonyl (C=O) groups is 1. The number of hydrogen-bond acceptors (Lipinski definition) is 3. The topological polar surface area (TPSA) is 55.8 Å². The molecule has 1 fully saturated rings. The fraction of sp³-hybridized carbons (Fsp3) is 0.533. The van der Waals surface area contributed by atoms with Gasteiger partial charge in [-0.3, -0.25) is 4.79 Å². The Labute approximate surface area is 113 Å². The maximum atomic E-state index is 11.5. The van der Waals surface area contributed by atoms with Gasteiger partial charge in [-0.15, -0.1) is 0 Å². The van der Waals surface area contributed by atoms with Crippen molar-refractivity contribution in [3.63, 3.8) is 0 Å². The second-order valence-electron chi connectivity index (χ2n) is 4.77. The van der Waals surface area contributed by atoms with Gasteiger partial charge in [0.15, 0.2) is 11.5 Å². The van der Waals surface area contributed by atoms with Crippen molar-refractivity contribution in [2.75, 3.05) is 13.2 Å². The van der Waals surface area contributed by atoms with E-state index in [1.54, 1.807) is 0 Å². The first kappa shape index (κ1) is 13.7. The fourth-order valence-corrected chi connectivity index (χ4v) is 2.51. The normalized spacial score (nSPS) is 16.5. The Balaban J connectivity index is 2.37. The molecule has 1 N–H and O–H groups in total. The summed E-state index contributed by atoms with van der Waals surface area (Å²) < 4.78 is 11.1. The molecule has 1 aromatic carbocycles. The molecule has 104 valence electrons. The van der Waals surface area contributed by atoms with Crippen LogP contribution >= 0.6 is 0 Å². The Hall–Kier alpha value is -1.71. The van der Waals surface area contributed by atoms with Crippen molar-refractivity contribution >= 4 is 5.97 Å². The van der Waals surface area contributed by atoms with E-state index in [0.29, 0.717) is 37.6 Å². The average molecular weight is 264 g/mol. The number of benzene rings is 1. The lowest BCUT2D eigenvalue weighted by atomic mass is 9.64. The van der Waals surface area contributed by atoms with Gasteiger partial charge in [0, 0.05) is 0 Å². The van der Waals surface area contributed by atoms with Gasteiger partial charge in [0.05, 0.1) is 18.6 Å². The molecule has 4 heteroatoms. The quantitative estimate of drug-likeness (QED) is 0.858. The number of carboxylic acids is 1. The summed E-state index contributed by atoms with van der Waals surface area (Å²) in [6, 6.07) is 5.48. The molecule has 1 aliphatic carbocycles. The zero-order valence-corrected chi connectivity index (χ0v) is 11.4. The van der Waals surface area contributed by atoms with Gasteiger partial charge in [0.2, 0.25) is 0 Å². The highest BCUT2D eigenvalue weighted by Crippen LogP contribution is 2.46. The highest BCUT2D eigenvalue weighted by Gasteiger charge is 2.46. The molecule has 2 rings (SSSR count). The van der Waals surface area contributed by atoms with E-state index in [-0.39, 0.29) is 0 Å². The predicted molar refractivity (Wildman–Crippen MR) is 71.9 cm³/mol. The monoisotopic (exact) mass is 264 g/mol. The molecular weight excluding hydrogens is 244 g/mol. The van der Waals surface area contributed by atoms with Crippen LogP contribution in [0.1, 0.15) is 38.7 Å². The summed E-state index contributed by atoms with van der Waals surface area (Å²) in [4.78, 5) is 11.5. The number of hydrogen-bond donors (Lipinski definition) is 1. The molecule has 4 nitrogen and oxygen atoms in total. The lowest BCUT2D eigenvalue weighted by Gasteiger charge is -2.38. The van der Waals surface area contributed by atoms with Gasteiger partial charge in [-0.2, -0.15) is 0 Å². The van der Waals surface area contributed by atoms with E-state index in [1.807, 2.05) is 32.0 Å². The van der Waals surface area contributed by atoms with E-state index in [1.165, 1.54) is 0 Å². The Kier molecular flexibility index (Phi) is 3.98. The number of rotatable bonds is 6. The van der Waals surface area contributed by atoms with Crippen LogP contribution in [-0.4, -0.2) is 24.3 Å². The molecule has 1 aromatic rings. The Morgan fingerprint density at radius 1 is 1.21 bits per heavy atom. The maximum absolute atomic E-state index is 11.5. The minimum atomic E-state index is -0.745. The van der Waals surface area contributed by atoms with Crippen molar-refractivity contribution in [1.29, 1.82) is 0 Å². The number of carboxylic acid groups (broad SMARTS) is 1. The van der Waals surface area contributed by atoms with E-state index in [9.17, 15) is 9.90 Å². The summed E-state index contributed by atoms with van der Waals surface area (Å²) in [6.07, 6.45) is 2.35. The molecule has 1 aliphatic rings. The van der Waals surface area contributed by atoms with Crippen molar-refractivity contribution in [2.24, 2.45) is 0 Å². The van der Waals surface area contributed by atoms with Crippen LogP contribution in [0.4, 0.5) is 0 Å². The van der Waals surface area contributed by atoms with Gasteiger partial charge in [-0.1, -0.05) is 12.5 Å². The van der Waals surface area contributed by atoms with Crippen LogP contribution in [0.25, 0.3) is 0 Å². The Bertz CT molecular complexity index is 463. The second-order valence-corrected chi connectivity index (χ2v) is 4.77. The molecule has 19 heavy (non-hydrogen) atoms. The molecular formula is C15H20O4. The average Bonchev–Trinajstić information content (AvgIpc) is 2.31. The van der Waals surface area contributed by atoms with Crippen LogP contribution in [-0.2, 0) is 10.2 Å². The zero-order valence-electron chi connectivity index (χ0n) is 11.4. The molecule has 0 spiro atoms. The standard InChI is InChI=1S/C15H20O4/c1-3-18-12-7-6-11(10-13(12)19-4-2)15(14(16)17)8-5-9-15/h6-7,10H,3-5,8-9H2,1-2H3,(H,16,17). The van der Waals surface area contributed by atoms with E-state index in [2.05, 4.69) is 0 Å². The van der Waals surface area contributed by atoms with Crippen LogP contribution in [0.5, 0.6) is 11.5 Å². The fourth-order valence-electron chi connectivity index (χ4n) is 2.51. The third-order valence-corrected chi connectivity index (χ3v) is 3.71. The molecule has 0 amide bonds. The lowest BCUT2D eigenvalue weighted by Crippen LogP contribution is -2.42. The predicted octanol–water partition coefficient (Wildman–Crippen LogP) is 2.99. The third-order valence-electron chi connectivity index (χ3n) is 3.71. The summed E-state index contributed by atoms with van der Waals surface area (Å²) in [5.41, 5.74) is 0.0921. The number of ether oxygens (including phenoxy) is 2. The summed E-state index contributed by atoms with van der Waals surface area (Å²) in [5, 5.41) is 9.46. The SMILES string of the molecule is CCOc1ccc(C2(C(=O)O)CCC2)cc1OCC. The second kappa shape index (κ2) is 5.51. The van der Waals surface area contributed by atoms with Gasteiger partial charge in [0.1, 0.15) is 0 Å². The zero-order chi connectivity index (χ0) is 13.9. The van der Waals surface area contributed by atoms with Crippen molar-refractivity contribution in [2.45, 2.75) is 38.5 Å². The molecule has 0 unspecified atom stereocenters. The molecule has 0 bridgehead atoms. The van der Waals surface area contributed by atoms with Gasteiger partial charge in [-0.25, -0.2) is 0 Å². The summed E-state index contributed by atoms with van der Waals surface area (Å²) in [7, 11) is 0. The van der Waals surface area contributed by atoms with Crippen LogP contribution in [0.2, 0.25) is 0 Å². The van der Waals surface area contributed by atoms with Gasteiger partial charge < -0.3 is 14.6 Å². The van der Waals surface area contributed by atoms with Crippen LogP contribution in [0.15, 0.2) is 18.2 Å². The van der Waals surface area contributed by atoms with Gasteiger partial charge in [-0.05, 0) is 44.4 Å². The molecule has 0 aliphatic heterocycles. The smallest absolute Gasteiger partial charge is 0.314 e. The lowest BCUT2D eigenvalue weighted by molar-refractivity contribution is -0.147. The minimum Gasteiger partial charge on any atom is -0.490 e. The van der Waals surface area contributed by atoms with E-state index in [0.717, 1.165) is 12.0 Å². The minimum absolute atomic E-state index is 0.531. The third kappa shape index (κ3) is 2.39. The maximum Gasteiger partial charge on any atom is 0.314 e. The molecule has 0 radical (unpaired) electrons. The highest BCUT2D eigenvalue weighted by molar-refractivity contribution is 5.83. The first-order valence-corrected chi connectivity index (χ1v) is 6.77. The molecule has 0 atom stereocenters. The highest BCUT2D eigenvalue weighted by atomic mass is 16.5. The van der Waals surface area contributed by atoms with E-state index in [4.69, 9.17) is 9.47 Å². The molecule has 0 aromatic heterocycles. The number of aliphatic carboxylic acids is 1. The van der Waals surface area contributed by atoms with Crippen molar-refractivity contribution < 1.29 is 19.4 Å². The van der Waals surface area contributed by atoms with Crippen LogP contribution < -0.4 is 9.47 Å². The van der Waals surface area contributed by atoms with Crippen molar-refractivity contribution in [3.8, 4) is 11.5 Å². The molecule has 0 heterocycles. The first-order chi connectivity index (χ1) is 9.14. The first-order valence-electron chi connectivity index (χ1n) is 6.77. The largest absolute Gasteiger partial charge is 0.490 e. The van der Waals surface area contributed by atoms with Crippen molar-refractivity contribution in [1.82, 2.24) is 0 Å². The van der Waals surface area contributed by atoms with Gasteiger partial charge in [0.25, 0.3) is 0 Å². The van der Waals surface area contributed by atoms with E-state index >= 15 is 0 Å². The van der Waals surface area contributed by atoms with Gasteiger partial charge >= 0.3 is 5.97 Å². The summed E-state index contributed by atoms with van der Waals surface area (Å²) in [6.45, 7) is 4.90. The summed E-state index contributed by atoms with van der Waals surface area (Å²) >= 11 is 0. The molecule has 1 saturated carbocycles. The van der Waals surface area contributed by atoms with Crippen LogP contribution in [0.3, 0.4) is 0 Å². The summed E-state index contributed by atoms with van der Waals surface area (Å²) in [5.74, 6) is 0.563. The Morgan fingerprint density at radius 2 is 1.84 bits per heavy atom. The Morgan fingerprint density at radius 3 is 2.32 bits per heavy atom. The van der Waals surface area contributed by atoms with Crippen molar-refractivity contribution in [3.05, 3.63) is 23.8 Å². The van der Waals surface area contributed by atoms with E-state index < -0.39 is 11.4 Å².